The SMILES string of the molecule is CC(C)NC(=O)C1CCN(c2ccc(-c3ccccc3)nn2)CC1. The first-order chi connectivity index (χ1) is 11.6. The number of carbonyl (C=O) groups excluding carboxylic acids is 1. The lowest BCUT2D eigenvalue weighted by Crippen LogP contribution is -2.42. The van der Waals surface area contributed by atoms with Crippen LogP contribution in [0.25, 0.3) is 11.3 Å². The molecule has 3 rings (SSSR count). The van der Waals surface area contributed by atoms with Gasteiger partial charge in [-0.15, -0.1) is 10.2 Å². The first kappa shape index (κ1) is 16.4. The highest BCUT2D eigenvalue weighted by Gasteiger charge is 2.25. The lowest BCUT2D eigenvalue weighted by molar-refractivity contribution is -0.126. The maximum absolute atomic E-state index is 12.1. The first-order valence-corrected chi connectivity index (χ1v) is 8.58. The number of amides is 1. The molecule has 0 atom stereocenters. The number of nitrogens with zero attached hydrogens (tertiary/aromatic N) is 3. The minimum atomic E-state index is 0.111. The predicted octanol–water partition coefficient (Wildman–Crippen LogP) is 2.88. The third kappa shape index (κ3) is 3.91. The Kier molecular flexibility index (Phi) is 5.08. The van der Waals surface area contributed by atoms with Crippen LogP contribution in [0.4, 0.5) is 5.82 Å². The molecule has 1 aliphatic heterocycles. The average Bonchev–Trinajstić information content (AvgIpc) is 2.62. The second-order valence-electron chi connectivity index (χ2n) is 6.57. The normalized spacial score (nSPS) is 15.5. The lowest BCUT2D eigenvalue weighted by atomic mass is 9.95. The minimum Gasteiger partial charge on any atom is -0.355 e. The maximum atomic E-state index is 12.1. The first-order valence-electron chi connectivity index (χ1n) is 8.58. The van der Waals surface area contributed by atoms with Gasteiger partial charge in [0.15, 0.2) is 5.82 Å². The third-order valence-corrected chi connectivity index (χ3v) is 4.34. The van der Waals surface area contributed by atoms with E-state index in [2.05, 4.69) is 20.4 Å². The van der Waals surface area contributed by atoms with Gasteiger partial charge >= 0.3 is 0 Å². The van der Waals surface area contributed by atoms with Gasteiger partial charge in [-0.1, -0.05) is 30.3 Å². The van der Waals surface area contributed by atoms with Crippen LogP contribution in [0.1, 0.15) is 26.7 Å². The summed E-state index contributed by atoms with van der Waals surface area (Å²) in [6.07, 6.45) is 1.72. The van der Waals surface area contributed by atoms with Gasteiger partial charge in [0.2, 0.25) is 5.91 Å². The number of carbonyl (C=O) groups is 1. The average molecular weight is 324 g/mol. The molecule has 0 saturated carbocycles. The van der Waals surface area contributed by atoms with Crippen molar-refractivity contribution < 1.29 is 4.79 Å². The van der Waals surface area contributed by atoms with Gasteiger partial charge in [-0.2, -0.15) is 0 Å². The Bertz CT molecular complexity index is 662. The predicted molar refractivity (Wildman–Crippen MR) is 95.7 cm³/mol. The standard InChI is InChI=1S/C19H24N4O/c1-14(2)20-19(24)16-10-12-23(13-11-16)18-9-8-17(21-22-18)15-6-4-3-5-7-15/h3-9,14,16H,10-13H2,1-2H3,(H,20,24). The number of hydrogen-bond donors (Lipinski definition) is 1. The molecule has 1 amide bonds. The maximum Gasteiger partial charge on any atom is 0.223 e. The molecule has 2 aromatic rings. The van der Waals surface area contributed by atoms with Crippen molar-refractivity contribution in [2.45, 2.75) is 32.7 Å². The molecule has 5 nitrogen and oxygen atoms in total. The molecule has 1 N–H and O–H groups in total. The Morgan fingerprint density at radius 3 is 2.38 bits per heavy atom. The second kappa shape index (κ2) is 7.43. The smallest absolute Gasteiger partial charge is 0.223 e. The summed E-state index contributed by atoms with van der Waals surface area (Å²) >= 11 is 0. The van der Waals surface area contributed by atoms with Crippen LogP contribution in [0.5, 0.6) is 0 Å². The number of nitrogens with one attached hydrogen (secondary N) is 1. The minimum absolute atomic E-state index is 0.111. The van der Waals surface area contributed by atoms with Gasteiger partial charge in [-0.3, -0.25) is 4.79 Å². The summed E-state index contributed by atoms with van der Waals surface area (Å²) in [5, 5.41) is 11.7. The Morgan fingerprint density at radius 1 is 1.08 bits per heavy atom. The van der Waals surface area contributed by atoms with Gasteiger partial charge < -0.3 is 10.2 Å². The van der Waals surface area contributed by atoms with Crippen molar-refractivity contribution >= 4 is 11.7 Å². The van der Waals surface area contributed by atoms with E-state index in [4.69, 9.17) is 0 Å². The summed E-state index contributed by atoms with van der Waals surface area (Å²) < 4.78 is 0. The van der Waals surface area contributed by atoms with Gasteiger partial charge in [0, 0.05) is 30.6 Å². The Labute approximate surface area is 143 Å². The molecule has 0 unspecified atom stereocenters. The van der Waals surface area contributed by atoms with Crippen LogP contribution in [0, 0.1) is 5.92 Å². The summed E-state index contributed by atoms with van der Waals surface area (Å²) in [4.78, 5) is 14.3. The van der Waals surface area contributed by atoms with E-state index >= 15 is 0 Å². The van der Waals surface area contributed by atoms with Crippen molar-refractivity contribution in [3.05, 3.63) is 42.5 Å². The van der Waals surface area contributed by atoms with Crippen LogP contribution in [-0.2, 0) is 4.79 Å². The largest absolute Gasteiger partial charge is 0.355 e. The molecule has 0 radical (unpaired) electrons. The molecule has 1 aliphatic rings. The zero-order valence-corrected chi connectivity index (χ0v) is 14.3. The van der Waals surface area contributed by atoms with Crippen LogP contribution in [0.15, 0.2) is 42.5 Å². The van der Waals surface area contributed by atoms with Gasteiger partial charge in [-0.05, 0) is 38.8 Å². The van der Waals surface area contributed by atoms with Crippen LogP contribution in [0.2, 0.25) is 0 Å². The molecule has 1 fully saturated rings. The van der Waals surface area contributed by atoms with Crippen molar-refractivity contribution in [3.8, 4) is 11.3 Å². The monoisotopic (exact) mass is 324 g/mol. The Balaban J connectivity index is 1.60. The Hall–Kier alpha value is -2.43. The summed E-state index contributed by atoms with van der Waals surface area (Å²) in [6.45, 7) is 5.68. The van der Waals surface area contributed by atoms with Crippen molar-refractivity contribution in [1.29, 1.82) is 0 Å². The second-order valence-corrected chi connectivity index (χ2v) is 6.57. The highest BCUT2D eigenvalue weighted by molar-refractivity contribution is 5.79. The van der Waals surface area contributed by atoms with E-state index in [1.165, 1.54) is 0 Å². The summed E-state index contributed by atoms with van der Waals surface area (Å²) in [5.74, 6) is 1.17. The topological polar surface area (TPSA) is 58.1 Å². The molecule has 2 heterocycles. The summed E-state index contributed by atoms with van der Waals surface area (Å²) in [5.41, 5.74) is 1.95. The van der Waals surface area contributed by atoms with E-state index in [1.807, 2.05) is 56.3 Å². The number of hydrogen-bond acceptors (Lipinski definition) is 4. The number of benzene rings is 1. The van der Waals surface area contributed by atoms with Gasteiger partial charge in [0.1, 0.15) is 0 Å². The number of aromatic nitrogens is 2. The summed E-state index contributed by atoms with van der Waals surface area (Å²) in [6, 6.07) is 14.3. The van der Waals surface area contributed by atoms with Gasteiger partial charge in [0.05, 0.1) is 5.69 Å². The van der Waals surface area contributed by atoms with Crippen molar-refractivity contribution in [3.63, 3.8) is 0 Å². The van der Waals surface area contributed by atoms with Gasteiger partial charge in [-0.25, -0.2) is 0 Å². The van der Waals surface area contributed by atoms with Gasteiger partial charge in [0.25, 0.3) is 0 Å². The van der Waals surface area contributed by atoms with Crippen LogP contribution in [-0.4, -0.2) is 35.2 Å². The fraction of sp³-hybridized carbons (Fsp3) is 0.421. The van der Waals surface area contributed by atoms with Crippen molar-refractivity contribution in [2.24, 2.45) is 5.92 Å². The molecule has 126 valence electrons. The van der Waals surface area contributed by atoms with Crippen molar-refractivity contribution in [2.75, 3.05) is 18.0 Å². The quantitative estimate of drug-likeness (QED) is 0.939. The molecule has 0 bridgehead atoms. The van der Waals surface area contributed by atoms with Crippen molar-refractivity contribution in [1.82, 2.24) is 15.5 Å². The zero-order chi connectivity index (χ0) is 16.9. The number of rotatable bonds is 4. The van der Waals surface area contributed by atoms with E-state index in [0.717, 1.165) is 43.0 Å². The molecule has 1 aromatic carbocycles. The third-order valence-electron chi connectivity index (χ3n) is 4.34. The number of piperidine rings is 1. The fourth-order valence-electron chi connectivity index (χ4n) is 3.03. The highest BCUT2D eigenvalue weighted by Crippen LogP contribution is 2.23. The zero-order valence-electron chi connectivity index (χ0n) is 14.3. The van der Waals surface area contributed by atoms with E-state index in [9.17, 15) is 4.79 Å². The van der Waals surface area contributed by atoms with Crippen LogP contribution < -0.4 is 10.2 Å². The van der Waals surface area contributed by atoms with E-state index in [0.29, 0.717) is 0 Å². The number of anilines is 1. The van der Waals surface area contributed by atoms with E-state index in [1.54, 1.807) is 0 Å². The summed E-state index contributed by atoms with van der Waals surface area (Å²) in [7, 11) is 0. The molecular weight excluding hydrogens is 300 g/mol. The molecule has 24 heavy (non-hydrogen) atoms. The molecule has 1 aromatic heterocycles. The molecule has 0 spiro atoms. The van der Waals surface area contributed by atoms with E-state index < -0.39 is 0 Å². The highest BCUT2D eigenvalue weighted by atomic mass is 16.1. The van der Waals surface area contributed by atoms with Crippen LogP contribution >= 0.6 is 0 Å². The fourth-order valence-corrected chi connectivity index (χ4v) is 3.03. The molecule has 0 aliphatic carbocycles. The van der Waals surface area contributed by atoms with E-state index in [-0.39, 0.29) is 17.9 Å². The van der Waals surface area contributed by atoms with Crippen LogP contribution in [0.3, 0.4) is 0 Å². The lowest BCUT2D eigenvalue weighted by Gasteiger charge is -2.32. The molecule has 1 saturated heterocycles. The molecular formula is C19H24N4O. The molecule has 5 heteroatoms. The Morgan fingerprint density at radius 2 is 1.79 bits per heavy atom.